The second kappa shape index (κ2) is 6.60. The third-order valence-electron chi connectivity index (χ3n) is 2.47. The lowest BCUT2D eigenvalue weighted by Crippen LogP contribution is -2.16. The summed E-state index contributed by atoms with van der Waals surface area (Å²) < 4.78 is 13.5. The van der Waals surface area contributed by atoms with Crippen LogP contribution in [0.5, 0.6) is 0 Å². The van der Waals surface area contributed by atoms with Crippen molar-refractivity contribution < 1.29 is 18.9 Å². The minimum absolute atomic E-state index is 0.00764. The normalized spacial score (nSPS) is 9.95. The fourth-order valence-corrected chi connectivity index (χ4v) is 1.39. The molecule has 0 bridgehead atoms. The fourth-order valence-electron chi connectivity index (χ4n) is 1.39. The van der Waals surface area contributed by atoms with E-state index in [0.717, 1.165) is 12.1 Å². The van der Waals surface area contributed by atoms with E-state index in [9.17, 15) is 24.1 Å². The Morgan fingerprint density at radius 1 is 1.15 bits per heavy atom. The molecule has 0 saturated heterocycles. The third-order valence-corrected chi connectivity index (χ3v) is 2.47. The first-order valence-electron chi connectivity index (χ1n) is 5.96. The van der Waals surface area contributed by atoms with Crippen molar-refractivity contribution in [3.8, 4) is 0 Å². The first-order valence-corrected chi connectivity index (χ1v) is 5.96. The van der Waals surface area contributed by atoms with Gasteiger partial charge in [0.05, 0.1) is 16.3 Å². The van der Waals surface area contributed by atoms with Gasteiger partial charge in [-0.3, -0.25) is 19.7 Å². The van der Waals surface area contributed by atoms with Crippen LogP contribution in [0.4, 0.5) is 21.5 Å². The van der Waals surface area contributed by atoms with Crippen LogP contribution < -0.4 is 10.6 Å². The zero-order valence-corrected chi connectivity index (χ0v) is 11.0. The van der Waals surface area contributed by atoms with E-state index in [1.165, 1.54) is 0 Å². The molecule has 20 heavy (non-hydrogen) atoms. The number of carbonyl (C=O) groups excluding carboxylic acids is 2. The third kappa shape index (κ3) is 3.74. The van der Waals surface area contributed by atoms with Crippen LogP contribution in [0.3, 0.4) is 0 Å². The molecule has 0 atom stereocenters. The van der Waals surface area contributed by atoms with Gasteiger partial charge in [0.15, 0.2) is 0 Å². The number of nitro benzene ring substituents is 1. The second-order valence-electron chi connectivity index (χ2n) is 3.91. The molecule has 0 heterocycles. The second-order valence-corrected chi connectivity index (χ2v) is 3.91. The summed E-state index contributed by atoms with van der Waals surface area (Å²) >= 11 is 0. The molecule has 0 aliphatic rings. The number of carbonyl (C=O) groups is 2. The van der Waals surface area contributed by atoms with Crippen molar-refractivity contribution >= 4 is 28.9 Å². The zero-order chi connectivity index (χ0) is 15.3. The van der Waals surface area contributed by atoms with Gasteiger partial charge in [-0.25, -0.2) is 0 Å². The van der Waals surface area contributed by atoms with Crippen molar-refractivity contribution in [3.63, 3.8) is 0 Å². The molecule has 1 rings (SSSR count). The molecule has 0 aliphatic carbocycles. The Hall–Kier alpha value is -2.51. The van der Waals surface area contributed by atoms with Gasteiger partial charge in [-0.15, -0.1) is 0 Å². The molecule has 0 spiro atoms. The van der Waals surface area contributed by atoms with Crippen LogP contribution in [0.2, 0.25) is 0 Å². The number of hydrogen-bond acceptors (Lipinski definition) is 4. The molecule has 0 saturated carbocycles. The van der Waals surface area contributed by atoms with Crippen molar-refractivity contribution in [3.05, 3.63) is 28.1 Å². The molecule has 2 N–H and O–H groups in total. The Labute approximate surface area is 114 Å². The van der Waals surface area contributed by atoms with Gasteiger partial charge in [0.2, 0.25) is 17.6 Å². The van der Waals surface area contributed by atoms with E-state index in [4.69, 9.17) is 0 Å². The van der Waals surface area contributed by atoms with E-state index >= 15 is 0 Å². The summed E-state index contributed by atoms with van der Waals surface area (Å²) in [5, 5.41) is 15.5. The quantitative estimate of drug-likeness (QED) is 0.640. The summed E-state index contributed by atoms with van der Waals surface area (Å²) in [6, 6.07) is 1.70. The number of anilines is 2. The average Bonchev–Trinajstić information content (AvgIpc) is 2.40. The van der Waals surface area contributed by atoms with Gasteiger partial charge in [-0.05, 0) is 0 Å². The van der Waals surface area contributed by atoms with Crippen LogP contribution in [0.15, 0.2) is 12.1 Å². The molecule has 0 aliphatic heterocycles. The molecular weight excluding hydrogens is 269 g/mol. The van der Waals surface area contributed by atoms with Crippen LogP contribution in [0.1, 0.15) is 26.7 Å². The molecule has 0 fully saturated rings. The van der Waals surface area contributed by atoms with Crippen molar-refractivity contribution in [2.75, 3.05) is 10.6 Å². The van der Waals surface area contributed by atoms with Crippen molar-refractivity contribution in [1.82, 2.24) is 0 Å². The number of nitrogens with zero attached hydrogens (tertiary/aromatic N) is 1. The standard InChI is InChI=1S/C12H14FN3O4/c1-3-11(17)14-8-5-7(13)10(16(19)20)6-9(8)15-12(18)4-2/h5-6H,3-4H2,1-2H3,(H,14,17)(H,15,18). The van der Waals surface area contributed by atoms with Crippen molar-refractivity contribution in [2.45, 2.75) is 26.7 Å². The Morgan fingerprint density at radius 2 is 1.60 bits per heavy atom. The molecule has 108 valence electrons. The molecule has 1 aromatic carbocycles. The predicted octanol–water partition coefficient (Wildman–Crippen LogP) is 2.43. The summed E-state index contributed by atoms with van der Waals surface area (Å²) in [6.07, 6.45) is 0.298. The number of nitro groups is 1. The Bertz CT molecular complexity index is 560. The molecule has 2 amide bonds. The fraction of sp³-hybridized carbons (Fsp3) is 0.333. The van der Waals surface area contributed by atoms with Gasteiger partial charge < -0.3 is 10.6 Å². The number of benzene rings is 1. The lowest BCUT2D eigenvalue weighted by Gasteiger charge is -2.12. The van der Waals surface area contributed by atoms with E-state index in [0.29, 0.717) is 0 Å². The monoisotopic (exact) mass is 283 g/mol. The topological polar surface area (TPSA) is 101 Å². The summed E-state index contributed by atoms with van der Waals surface area (Å²) in [5.41, 5.74) is -0.792. The largest absolute Gasteiger partial charge is 0.324 e. The van der Waals surface area contributed by atoms with Crippen molar-refractivity contribution in [2.24, 2.45) is 0 Å². The minimum atomic E-state index is -1.09. The first-order chi connectivity index (χ1) is 9.38. The molecule has 8 heteroatoms. The predicted molar refractivity (Wildman–Crippen MR) is 70.9 cm³/mol. The Kier molecular flexibility index (Phi) is 5.13. The zero-order valence-electron chi connectivity index (χ0n) is 11.0. The highest BCUT2D eigenvalue weighted by molar-refractivity contribution is 5.99. The highest BCUT2D eigenvalue weighted by Crippen LogP contribution is 2.30. The van der Waals surface area contributed by atoms with E-state index < -0.39 is 28.2 Å². The summed E-state index contributed by atoms with van der Waals surface area (Å²) in [7, 11) is 0. The van der Waals surface area contributed by atoms with E-state index in [1.54, 1.807) is 13.8 Å². The molecular formula is C12H14FN3O4. The maximum absolute atomic E-state index is 13.5. The summed E-state index contributed by atoms with van der Waals surface area (Å²) in [5.74, 6) is -1.89. The Morgan fingerprint density at radius 3 is 2.00 bits per heavy atom. The van der Waals surface area contributed by atoms with Crippen LogP contribution in [-0.2, 0) is 9.59 Å². The van der Waals surface area contributed by atoms with Crippen LogP contribution in [0, 0.1) is 15.9 Å². The van der Waals surface area contributed by atoms with Gasteiger partial charge in [0.1, 0.15) is 0 Å². The van der Waals surface area contributed by atoms with E-state index in [1.807, 2.05) is 0 Å². The number of amides is 2. The SMILES string of the molecule is CCC(=O)Nc1cc(F)c([N+](=O)[O-])cc1NC(=O)CC. The van der Waals surface area contributed by atoms with E-state index in [2.05, 4.69) is 10.6 Å². The first kappa shape index (κ1) is 15.5. The van der Waals surface area contributed by atoms with Gasteiger partial charge in [-0.1, -0.05) is 13.8 Å². The highest BCUT2D eigenvalue weighted by Gasteiger charge is 2.20. The maximum atomic E-state index is 13.5. The maximum Gasteiger partial charge on any atom is 0.307 e. The highest BCUT2D eigenvalue weighted by atomic mass is 19.1. The lowest BCUT2D eigenvalue weighted by molar-refractivity contribution is -0.387. The van der Waals surface area contributed by atoms with Gasteiger partial charge in [0, 0.05) is 25.0 Å². The average molecular weight is 283 g/mol. The molecule has 0 radical (unpaired) electrons. The van der Waals surface area contributed by atoms with Crippen molar-refractivity contribution in [1.29, 1.82) is 0 Å². The summed E-state index contributed by atoms with van der Waals surface area (Å²) in [4.78, 5) is 32.5. The van der Waals surface area contributed by atoms with Gasteiger partial charge in [0.25, 0.3) is 0 Å². The molecule has 0 unspecified atom stereocenters. The minimum Gasteiger partial charge on any atom is -0.324 e. The number of nitrogens with one attached hydrogen (secondary N) is 2. The smallest absolute Gasteiger partial charge is 0.307 e. The lowest BCUT2D eigenvalue weighted by atomic mass is 10.2. The number of rotatable bonds is 5. The molecule has 0 aromatic heterocycles. The van der Waals surface area contributed by atoms with Crippen LogP contribution >= 0.6 is 0 Å². The van der Waals surface area contributed by atoms with Gasteiger partial charge >= 0.3 is 5.69 Å². The number of halogens is 1. The molecule has 1 aromatic rings. The number of hydrogen-bond donors (Lipinski definition) is 2. The molecule has 7 nitrogen and oxygen atoms in total. The Balaban J connectivity index is 3.25. The summed E-state index contributed by atoms with van der Waals surface area (Å²) in [6.45, 7) is 3.19. The van der Waals surface area contributed by atoms with Crippen LogP contribution in [-0.4, -0.2) is 16.7 Å². The van der Waals surface area contributed by atoms with E-state index in [-0.39, 0.29) is 24.2 Å². The van der Waals surface area contributed by atoms with Crippen LogP contribution in [0.25, 0.3) is 0 Å². The van der Waals surface area contributed by atoms with Gasteiger partial charge in [-0.2, -0.15) is 4.39 Å².